The number of hydrogen-bond acceptors (Lipinski definition) is 4. The van der Waals surface area contributed by atoms with E-state index >= 15 is 0 Å². The van der Waals surface area contributed by atoms with Gasteiger partial charge in [0, 0.05) is 53.5 Å². The Balaban J connectivity index is 1.56. The lowest BCUT2D eigenvalue weighted by atomic mass is 10.0. The van der Waals surface area contributed by atoms with Gasteiger partial charge in [0.05, 0.1) is 5.69 Å². The topological polar surface area (TPSA) is 66.0 Å². The molecule has 32 heavy (non-hydrogen) atoms. The monoisotopic (exact) mass is 429 g/mol. The van der Waals surface area contributed by atoms with Gasteiger partial charge in [-0.25, -0.2) is 0 Å². The maximum Gasteiger partial charge on any atom is 0.255 e. The molecule has 0 aliphatic heterocycles. The molecule has 2 N–H and O–H groups in total. The Kier molecular flexibility index (Phi) is 7.02. The van der Waals surface area contributed by atoms with Crippen LogP contribution in [-0.2, 0) is 6.54 Å². The number of anilines is 2. The van der Waals surface area contributed by atoms with Crippen molar-refractivity contribution >= 4 is 22.3 Å². The molecule has 0 atom stereocenters. The Morgan fingerprint density at radius 3 is 2.59 bits per heavy atom. The molecule has 1 aromatic carbocycles. The second kappa shape index (κ2) is 10.3. The van der Waals surface area contributed by atoms with Crippen molar-refractivity contribution in [1.82, 2.24) is 19.4 Å². The molecule has 0 bridgehead atoms. The second-order valence-electron chi connectivity index (χ2n) is 7.97. The molecule has 0 radical (unpaired) electrons. The third kappa shape index (κ3) is 4.92. The van der Waals surface area contributed by atoms with Gasteiger partial charge in [0.15, 0.2) is 0 Å². The Morgan fingerprint density at radius 1 is 1.00 bits per heavy atom. The molecule has 0 saturated carbocycles. The van der Waals surface area contributed by atoms with Crippen LogP contribution in [0.15, 0.2) is 72.0 Å². The number of unbranched alkanes of at least 4 members (excludes halogenated alkanes) is 1. The first-order chi connectivity index (χ1) is 15.7. The number of hydrogen-bond donors (Lipinski definition) is 2. The van der Waals surface area contributed by atoms with Gasteiger partial charge in [-0.1, -0.05) is 26.0 Å². The summed E-state index contributed by atoms with van der Waals surface area (Å²) in [5, 5.41) is 4.43. The van der Waals surface area contributed by atoms with Crippen LogP contribution in [0, 0.1) is 0 Å². The van der Waals surface area contributed by atoms with Gasteiger partial charge in [-0.05, 0) is 68.4 Å². The molecular formula is C26H31N5O. The van der Waals surface area contributed by atoms with Crippen molar-refractivity contribution in [2.24, 2.45) is 0 Å². The van der Waals surface area contributed by atoms with Crippen LogP contribution in [0.2, 0.25) is 0 Å². The van der Waals surface area contributed by atoms with E-state index in [-0.39, 0.29) is 5.56 Å². The molecule has 0 unspecified atom stereocenters. The molecule has 0 aliphatic rings. The number of nitrogens with zero attached hydrogens (tertiary/aromatic N) is 3. The highest BCUT2D eigenvalue weighted by atomic mass is 16.1. The van der Waals surface area contributed by atoms with Gasteiger partial charge >= 0.3 is 0 Å². The van der Waals surface area contributed by atoms with Gasteiger partial charge in [0.2, 0.25) is 0 Å². The molecule has 0 aliphatic carbocycles. The Hall–Kier alpha value is -3.38. The van der Waals surface area contributed by atoms with Crippen LogP contribution < -0.4 is 10.9 Å². The third-order valence-electron chi connectivity index (χ3n) is 5.99. The minimum absolute atomic E-state index is 0.0928. The van der Waals surface area contributed by atoms with E-state index < -0.39 is 0 Å². The lowest BCUT2D eigenvalue weighted by Gasteiger charge is -2.17. The fourth-order valence-electron chi connectivity index (χ4n) is 4.17. The van der Waals surface area contributed by atoms with Crippen molar-refractivity contribution in [3.05, 3.63) is 77.6 Å². The lowest BCUT2D eigenvalue weighted by Crippen LogP contribution is -2.24. The predicted octanol–water partition coefficient (Wildman–Crippen LogP) is 5.26. The van der Waals surface area contributed by atoms with Crippen molar-refractivity contribution in [2.75, 3.05) is 25.0 Å². The molecule has 3 aromatic heterocycles. The zero-order valence-electron chi connectivity index (χ0n) is 18.8. The Bertz CT molecular complexity index is 1210. The number of pyridine rings is 2. The van der Waals surface area contributed by atoms with E-state index in [1.165, 1.54) is 6.42 Å². The molecule has 0 fully saturated rings. The molecule has 6 heteroatoms. The summed E-state index contributed by atoms with van der Waals surface area (Å²) >= 11 is 0. The van der Waals surface area contributed by atoms with Crippen LogP contribution in [0.1, 0.15) is 26.7 Å². The van der Waals surface area contributed by atoms with E-state index in [9.17, 15) is 4.79 Å². The lowest BCUT2D eigenvalue weighted by molar-refractivity contribution is 0.294. The number of nitrogens with one attached hydrogen (secondary N) is 2. The highest BCUT2D eigenvalue weighted by molar-refractivity contribution is 5.95. The number of aryl methyl sites for hydroxylation is 1. The number of H-pyrrole nitrogens is 1. The number of rotatable bonds is 10. The fourth-order valence-corrected chi connectivity index (χ4v) is 4.17. The highest BCUT2D eigenvalue weighted by Crippen LogP contribution is 2.29. The standard InChI is InChI=1S/C26H31N5O/c1-3-30(4-2)15-5-6-16-31-17-12-23-22(8-7-9-25(23)31)24-18-21(19-28-26(24)32)29-20-10-13-27-14-11-20/h7-14,17-19H,3-6,15-16H2,1-2H3,(H,27,29)(H,28,32). The van der Waals surface area contributed by atoms with E-state index in [1.807, 2.05) is 30.3 Å². The summed E-state index contributed by atoms with van der Waals surface area (Å²) in [6.45, 7) is 8.77. The van der Waals surface area contributed by atoms with Crippen LogP contribution >= 0.6 is 0 Å². The van der Waals surface area contributed by atoms with Gasteiger partial charge < -0.3 is 19.8 Å². The van der Waals surface area contributed by atoms with Crippen LogP contribution in [0.25, 0.3) is 22.0 Å². The number of benzene rings is 1. The van der Waals surface area contributed by atoms with E-state index in [0.29, 0.717) is 5.56 Å². The van der Waals surface area contributed by atoms with Gasteiger partial charge in [-0.15, -0.1) is 0 Å². The number of aromatic amines is 1. The van der Waals surface area contributed by atoms with E-state index in [0.717, 1.165) is 60.4 Å². The molecule has 3 heterocycles. The molecule has 4 rings (SSSR count). The Labute approximate surface area is 188 Å². The maximum atomic E-state index is 12.7. The van der Waals surface area contributed by atoms with Crippen molar-refractivity contribution < 1.29 is 0 Å². The average molecular weight is 430 g/mol. The van der Waals surface area contributed by atoms with E-state index in [4.69, 9.17) is 0 Å². The van der Waals surface area contributed by atoms with E-state index in [2.05, 4.69) is 56.9 Å². The SMILES string of the molecule is CCN(CC)CCCCn1ccc2c(-c3cc(Nc4ccncc4)c[nH]c3=O)cccc21. The summed E-state index contributed by atoms with van der Waals surface area (Å²) in [6.07, 6.45) is 9.63. The summed E-state index contributed by atoms with van der Waals surface area (Å²) in [5.74, 6) is 0. The van der Waals surface area contributed by atoms with Gasteiger partial charge in [-0.3, -0.25) is 9.78 Å². The zero-order chi connectivity index (χ0) is 22.3. The molecule has 6 nitrogen and oxygen atoms in total. The average Bonchev–Trinajstić information content (AvgIpc) is 3.24. The first-order valence-corrected chi connectivity index (χ1v) is 11.4. The molecular weight excluding hydrogens is 398 g/mol. The smallest absolute Gasteiger partial charge is 0.255 e. The highest BCUT2D eigenvalue weighted by Gasteiger charge is 2.11. The minimum atomic E-state index is -0.0928. The van der Waals surface area contributed by atoms with Crippen LogP contribution in [0.4, 0.5) is 11.4 Å². The molecule has 4 aromatic rings. The maximum absolute atomic E-state index is 12.7. The van der Waals surface area contributed by atoms with Gasteiger partial charge in [-0.2, -0.15) is 0 Å². The van der Waals surface area contributed by atoms with Crippen molar-refractivity contribution in [2.45, 2.75) is 33.2 Å². The summed E-state index contributed by atoms with van der Waals surface area (Å²) in [4.78, 5) is 22.1. The third-order valence-corrected chi connectivity index (χ3v) is 5.99. The van der Waals surface area contributed by atoms with Crippen LogP contribution in [-0.4, -0.2) is 39.1 Å². The number of fused-ring (bicyclic) bond motifs is 1. The fraction of sp³-hybridized carbons (Fsp3) is 0.308. The summed E-state index contributed by atoms with van der Waals surface area (Å²) in [6, 6.07) is 14.0. The first-order valence-electron chi connectivity index (χ1n) is 11.4. The first kappa shape index (κ1) is 21.8. The zero-order valence-corrected chi connectivity index (χ0v) is 18.8. The van der Waals surface area contributed by atoms with Crippen molar-refractivity contribution in [3.8, 4) is 11.1 Å². The largest absolute Gasteiger partial charge is 0.354 e. The molecule has 0 saturated heterocycles. The van der Waals surface area contributed by atoms with Crippen LogP contribution in [0.3, 0.4) is 0 Å². The van der Waals surface area contributed by atoms with Gasteiger partial charge in [0.1, 0.15) is 0 Å². The van der Waals surface area contributed by atoms with E-state index in [1.54, 1.807) is 18.6 Å². The molecule has 166 valence electrons. The normalized spacial score (nSPS) is 11.3. The van der Waals surface area contributed by atoms with Gasteiger partial charge in [0.25, 0.3) is 5.56 Å². The van der Waals surface area contributed by atoms with Crippen LogP contribution in [0.5, 0.6) is 0 Å². The van der Waals surface area contributed by atoms with Crippen molar-refractivity contribution in [1.29, 1.82) is 0 Å². The van der Waals surface area contributed by atoms with Crippen molar-refractivity contribution in [3.63, 3.8) is 0 Å². The minimum Gasteiger partial charge on any atom is -0.354 e. The summed E-state index contributed by atoms with van der Waals surface area (Å²) in [5.41, 5.74) is 4.44. The number of aromatic nitrogens is 3. The summed E-state index contributed by atoms with van der Waals surface area (Å²) < 4.78 is 2.30. The quantitative estimate of drug-likeness (QED) is 0.338. The molecule has 0 amide bonds. The second-order valence-corrected chi connectivity index (χ2v) is 7.97. The predicted molar refractivity (Wildman–Crippen MR) is 133 cm³/mol. The Morgan fingerprint density at radius 2 is 1.81 bits per heavy atom. The molecule has 0 spiro atoms. The summed E-state index contributed by atoms with van der Waals surface area (Å²) in [7, 11) is 0.